The summed E-state index contributed by atoms with van der Waals surface area (Å²) in [5.74, 6) is 0.112. The fraction of sp³-hybridized carbons (Fsp3) is 0.400. The zero-order chi connectivity index (χ0) is 15.5. The molecule has 1 N–H and O–H groups in total. The molecule has 5 nitrogen and oxygen atoms in total. The van der Waals surface area contributed by atoms with Gasteiger partial charge in [-0.15, -0.1) is 0 Å². The Labute approximate surface area is 122 Å². The number of rotatable bonds is 5. The Hall–Kier alpha value is -2.24. The molecule has 0 aliphatic carbocycles. The number of nitrogens with one attached hydrogen (secondary N) is 1. The predicted molar refractivity (Wildman–Crippen MR) is 76.5 cm³/mol. The van der Waals surface area contributed by atoms with Gasteiger partial charge in [0.1, 0.15) is 0 Å². The molecular formula is C15H18FN3O2. The minimum atomic E-state index is -1.68. The first-order chi connectivity index (χ1) is 9.91. The molecule has 1 heterocycles. The van der Waals surface area contributed by atoms with Crippen LogP contribution in [0.4, 0.5) is 4.39 Å². The van der Waals surface area contributed by atoms with Crippen molar-refractivity contribution in [3.8, 4) is 11.4 Å². The average Bonchev–Trinajstić information content (AvgIpc) is 2.95. The average molecular weight is 291 g/mol. The number of nitrogens with zero attached hydrogens (tertiary/aromatic N) is 2. The number of amides is 1. The monoisotopic (exact) mass is 291 g/mol. The van der Waals surface area contributed by atoms with E-state index in [9.17, 15) is 9.18 Å². The van der Waals surface area contributed by atoms with Crippen molar-refractivity contribution in [1.82, 2.24) is 15.5 Å². The summed E-state index contributed by atoms with van der Waals surface area (Å²) in [6.07, 6.45) is 0.883. The van der Waals surface area contributed by atoms with E-state index in [0.717, 1.165) is 6.42 Å². The van der Waals surface area contributed by atoms with E-state index in [4.69, 9.17) is 4.52 Å². The molecule has 2 aromatic rings. The fourth-order valence-electron chi connectivity index (χ4n) is 1.69. The fourth-order valence-corrected chi connectivity index (χ4v) is 1.69. The van der Waals surface area contributed by atoms with Gasteiger partial charge in [0.25, 0.3) is 11.8 Å². The van der Waals surface area contributed by atoms with Gasteiger partial charge in [-0.25, -0.2) is 4.39 Å². The van der Waals surface area contributed by atoms with Gasteiger partial charge in [0.2, 0.25) is 5.82 Å². The maximum absolute atomic E-state index is 13.7. The highest BCUT2D eigenvalue weighted by atomic mass is 19.1. The summed E-state index contributed by atoms with van der Waals surface area (Å²) in [6.45, 7) is 5.33. The van der Waals surface area contributed by atoms with Crippen molar-refractivity contribution in [2.24, 2.45) is 0 Å². The SMILES string of the molecule is CCCNC(=O)c1ccc(-c2noc(C(C)(C)F)n2)cc1. The lowest BCUT2D eigenvalue weighted by atomic mass is 10.1. The molecular weight excluding hydrogens is 273 g/mol. The molecule has 0 saturated carbocycles. The summed E-state index contributed by atoms with van der Waals surface area (Å²) in [4.78, 5) is 15.8. The number of aromatic nitrogens is 2. The zero-order valence-corrected chi connectivity index (χ0v) is 12.3. The van der Waals surface area contributed by atoms with Crippen molar-refractivity contribution in [2.45, 2.75) is 32.9 Å². The summed E-state index contributed by atoms with van der Waals surface area (Å²) < 4.78 is 18.6. The van der Waals surface area contributed by atoms with Crippen LogP contribution >= 0.6 is 0 Å². The van der Waals surface area contributed by atoms with Gasteiger partial charge in [-0.2, -0.15) is 4.98 Å². The molecule has 0 fully saturated rings. The highest BCUT2D eigenvalue weighted by molar-refractivity contribution is 5.94. The molecule has 0 aliphatic rings. The lowest BCUT2D eigenvalue weighted by Crippen LogP contribution is -2.23. The van der Waals surface area contributed by atoms with Crippen LogP contribution in [0, 0.1) is 0 Å². The molecule has 0 atom stereocenters. The molecule has 0 unspecified atom stereocenters. The quantitative estimate of drug-likeness (QED) is 0.919. The third-order valence-electron chi connectivity index (χ3n) is 2.88. The van der Waals surface area contributed by atoms with Gasteiger partial charge in [-0.3, -0.25) is 4.79 Å². The summed E-state index contributed by atoms with van der Waals surface area (Å²) >= 11 is 0. The molecule has 0 bridgehead atoms. The van der Waals surface area contributed by atoms with Gasteiger partial charge in [0, 0.05) is 17.7 Å². The molecule has 0 radical (unpaired) electrons. The maximum Gasteiger partial charge on any atom is 0.264 e. The number of hydrogen-bond donors (Lipinski definition) is 1. The molecule has 1 aromatic carbocycles. The first-order valence-corrected chi connectivity index (χ1v) is 6.83. The van der Waals surface area contributed by atoms with Crippen LogP contribution in [0.15, 0.2) is 28.8 Å². The number of hydrogen-bond acceptors (Lipinski definition) is 4. The van der Waals surface area contributed by atoms with Gasteiger partial charge in [0.15, 0.2) is 5.67 Å². The smallest absolute Gasteiger partial charge is 0.264 e. The summed E-state index contributed by atoms with van der Waals surface area (Å²) in [6, 6.07) is 6.77. The lowest BCUT2D eigenvalue weighted by Gasteiger charge is -2.05. The van der Waals surface area contributed by atoms with E-state index in [1.807, 2.05) is 6.92 Å². The Morgan fingerprint density at radius 2 is 2.00 bits per heavy atom. The summed E-state index contributed by atoms with van der Waals surface area (Å²) in [7, 11) is 0. The molecule has 0 saturated heterocycles. The summed E-state index contributed by atoms with van der Waals surface area (Å²) in [5, 5.41) is 6.54. The van der Waals surface area contributed by atoms with Gasteiger partial charge < -0.3 is 9.84 Å². The van der Waals surface area contributed by atoms with Crippen LogP contribution in [0.3, 0.4) is 0 Å². The topological polar surface area (TPSA) is 68.0 Å². The highest BCUT2D eigenvalue weighted by Crippen LogP contribution is 2.25. The maximum atomic E-state index is 13.7. The molecule has 2 rings (SSSR count). The Morgan fingerprint density at radius 1 is 1.33 bits per heavy atom. The molecule has 0 aliphatic heterocycles. The standard InChI is InChI=1S/C15H18FN3O2/c1-4-9-17-13(20)11-7-5-10(6-8-11)12-18-14(21-19-12)15(2,3)16/h5-8H,4,9H2,1-3H3,(H,17,20). The van der Waals surface area contributed by atoms with E-state index in [-0.39, 0.29) is 11.8 Å². The Balaban J connectivity index is 2.15. The second-order valence-corrected chi connectivity index (χ2v) is 5.23. The first kappa shape index (κ1) is 15.2. The Morgan fingerprint density at radius 3 is 2.52 bits per heavy atom. The van der Waals surface area contributed by atoms with Crippen molar-refractivity contribution >= 4 is 5.91 Å². The van der Waals surface area contributed by atoms with Crippen LogP contribution in [0.5, 0.6) is 0 Å². The van der Waals surface area contributed by atoms with Crippen LogP contribution in [0.1, 0.15) is 43.4 Å². The van der Waals surface area contributed by atoms with E-state index in [1.54, 1.807) is 24.3 Å². The number of alkyl halides is 1. The zero-order valence-electron chi connectivity index (χ0n) is 12.3. The van der Waals surface area contributed by atoms with E-state index in [0.29, 0.717) is 23.5 Å². The number of halogens is 1. The van der Waals surface area contributed by atoms with Crippen LogP contribution < -0.4 is 5.32 Å². The second kappa shape index (κ2) is 6.03. The third kappa shape index (κ3) is 3.65. The second-order valence-electron chi connectivity index (χ2n) is 5.23. The number of carbonyl (C=O) groups excluding carboxylic acids is 1. The van der Waals surface area contributed by atoms with Crippen molar-refractivity contribution in [2.75, 3.05) is 6.54 Å². The molecule has 6 heteroatoms. The van der Waals surface area contributed by atoms with Crippen LogP contribution in [-0.2, 0) is 5.67 Å². The predicted octanol–water partition coefficient (Wildman–Crippen LogP) is 3.08. The van der Waals surface area contributed by atoms with Crippen LogP contribution in [0.25, 0.3) is 11.4 Å². The minimum absolute atomic E-state index is 0.0673. The molecule has 21 heavy (non-hydrogen) atoms. The van der Waals surface area contributed by atoms with Crippen molar-refractivity contribution in [1.29, 1.82) is 0 Å². The number of carbonyl (C=O) groups is 1. The van der Waals surface area contributed by atoms with Crippen LogP contribution in [0.2, 0.25) is 0 Å². The molecule has 1 aromatic heterocycles. The largest absolute Gasteiger partial charge is 0.352 e. The minimum Gasteiger partial charge on any atom is -0.352 e. The Bertz CT molecular complexity index is 615. The molecule has 0 spiro atoms. The third-order valence-corrected chi connectivity index (χ3v) is 2.88. The normalized spacial score (nSPS) is 11.4. The van der Waals surface area contributed by atoms with Crippen molar-refractivity contribution in [3.05, 3.63) is 35.7 Å². The van der Waals surface area contributed by atoms with Crippen molar-refractivity contribution < 1.29 is 13.7 Å². The lowest BCUT2D eigenvalue weighted by molar-refractivity contribution is 0.0953. The molecule has 112 valence electrons. The summed E-state index contributed by atoms with van der Waals surface area (Å²) in [5.41, 5.74) is -0.450. The highest BCUT2D eigenvalue weighted by Gasteiger charge is 2.26. The van der Waals surface area contributed by atoms with Crippen LogP contribution in [-0.4, -0.2) is 22.6 Å². The van der Waals surface area contributed by atoms with E-state index < -0.39 is 5.67 Å². The van der Waals surface area contributed by atoms with Gasteiger partial charge in [-0.05, 0) is 32.4 Å². The van der Waals surface area contributed by atoms with Gasteiger partial charge in [-0.1, -0.05) is 24.2 Å². The first-order valence-electron chi connectivity index (χ1n) is 6.83. The van der Waals surface area contributed by atoms with E-state index in [2.05, 4.69) is 15.5 Å². The van der Waals surface area contributed by atoms with Crippen molar-refractivity contribution in [3.63, 3.8) is 0 Å². The van der Waals surface area contributed by atoms with Gasteiger partial charge >= 0.3 is 0 Å². The van der Waals surface area contributed by atoms with E-state index in [1.165, 1.54) is 13.8 Å². The Kier molecular flexibility index (Phi) is 4.35. The van der Waals surface area contributed by atoms with E-state index >= 15 is 0 Å². The van der Waals surface area contributed by atoms with Gasteiger partial charge in [0.05, 0.1) is 0 Å². The number of benzene rings is 1. The molecule has 1 amide bonds.